The Kier molecular flexibility index (Phi) is 3.05. The molecule has 4 aromatic carbocycles. The van der Waals surface area contributed by atoms with Crippen molar-refractivity contribution in [1.82, 2.24) is 0 Å². The lowest BCUT2D eigenvalue weighted by molar-refractivity contribution is 1.20. The predicted molar refractivity (Wildman–Crippen MR) is 95.1 cm³/mol. The molecule has 0 bridgehead atoms. The van der Waals surface area contributed by atoms with Crippen LogP contribution in [-0.2, 0) is 6.42 Å². The first kappa shape index (κ1) is 12.9. The summed E-state index contributed by atoms with van der Waals surface area (Å²) in [5, 5.41) is 4.89. The van der Waals surface area contributed by atoms with Crippen molar-refractivity contribution in [2.75, 3.05) is 5.73 Å². The molecule has 106 valence electrons. The second kappa shape index (κ2) is 5.19. The molecule has 1 nitrogen and oxygen atoms in total. The van der Waals surface area contributed by atoms with Crippen LogP contribution >= 0.6 is 0 Å². The fraction of sp³-hybridized carbons (Fsp3) is 0.0476. The van der Waals surface area contributed by atoms with Gasteiger partial charge in [0.05, 0.1) is 0 Å². The number of hydrogen-bond donors (Lipinski definition) is 1. The first-order chi connectivity index (χ1) is 10.8. The van der Waals surface area contributed by atoms with Gasteiger partial charge in [-0.05, 0) is 33.7 Å². The number of nitrogen functional groups attached to an aromatic ring is 1. The van der Waals surface area contributed by atoms with Crippen LogP contribution in [0.2, 0.25) is 0 Å². The van der Waals surface area contributed by atoms with Crippen LogP contribution in [0.25, 0.3) is 21.5 Å². The SMILES string of the molecule is Nc1c(Cc2ccccc2)ccc2c1ccc1ccccc12. The number of hydrogen-bond acceptors (Lipinski definition) is 1. The van der Waals surface area contributed by atoms with Crippen molar-refractivity contribution >= 4 is 27.2 Å². The molecule has 0 atom stereocenters. The van der Waals surface area contributed by atoms with Crippen molar-refractivity contribution in [3.8, 4) is 0 Å². The van der Waals surface area contributed by atoms with E-state index >= 15 is 0 Å². The largest absolute Gasteiger partial charge is 0.398 e. The van der Waals surface area contributed by atoms with Crippen molar-refractivity contribution < 1.29 is 0 Å². The highest BCUT2D eigenvalue weighted by molar-refractivity contribution is 6.11. The van der Waals surface area contributed by atoms with Crippen LogP contribution in [0.1, 0.15) is 11.1 Å². The smallest absolute Gasteiger partial charge is 0.0429 e. The van der Waals surface area contributed by atoms with Gasteiger partial charge in [0.15, 0.2) is 0 Å². The van der Waals surface area contributed by atoms with Gasteiger partial charge in [0, 0.05) is 11.1 Å². The second-order valence-corrected chi connectivity index (χ2v) is 5.68. The summed E-state index contributed by atoms with van der Waals surface area (Å²) in [5.74, 6) is 0. The molecule has 0 saturated carbocycles. The molecule has 0 aromatic heterocycles. The van der Waals surface area contributed by atoms with Crippen molar-refractivity contribution in [2.24, 2.45) is 0 Å². The van der Waals surface area contributed by atoms with Gasteiger partial charge in [-0.25, -0.2) is 0 Å². The van der Waals surface area contributed by atoms with Crippen LogP contribution in [0, 0.1) is 0 Å². The molecule has 0 aliphatic carbocycles. The quantitative estimate of drug-likeness (QED) is 0.399. The van der Waals surface area contributed by atoms with Crippen molar-refractivity contribution in [2.45, 2.75) is 6.42 Å². The Labute approximate surface area is 130 Å². The summed E-state index contributed by atoms with van der Waals surface area (Å²) in [6.07, 6.45) is 0.870. The fourth-order valence-corrected chi connectivity index (χ4v) is 3.13. The predicted octanol–water partition coefficient (Wildman–Crippen LogP) is 5.17. The van der Waals surface area contributed by atoms with Crippen LogP contribution in [-0.4, -0.2) is 0 Å². The number of anilines is 1. The van der Waals surface area contributed by atoms with Crippen molar-refractivity contribution in [3.63, 3.8) is 0 Å². The van der Waals surface area contributed by atoms with Gasteiger partial charge in [-0.2, -0.15) is 0 Å². The molecule has 4 aromatic rings. The van der Waals surface area contributed by atoms with Gasteiger partial charge < -0.3 is 5.73 Å². The van der Waals surface area contributed by atoms with Crippen LogP contribution < -0.4 is 5.73 Å². The maximum Gasteiger partial charge on any atom is 0.0429 e. The van der Waals surface area contributed by atoms with E-state index in [9.17, 15) is 0 Å². The van der Waals surface area contributed by atoms with Crippen LogP contribution in [0.15, 0.2) is 78.9 Å². The van der Waals surface area contributed by atoms with Crippen LogP contribution in [0.4, 0.5) is 5.69 Å². The topological polar surface area (TPSA) is 26.0 Å². The molecular formula is C21H17N. The Morgan fingerprint density at radius 1 is 0.591 bits per heavy atom. The van der Waals surface area contributed by atoms with E-state index < -0.39 is 0 Å². The standard InChI is InChI=1S/C21H17N/c22-21-17(14-15-6-2-1-3-7-15)11-12-19-18-9-5-4-8-16(18)10-13-20(19)21/h1-13H,14,22H2. The Balaban J connectivity index is 1.89. The lowest BCUT2D eigenvalue weighted by Crippen LogP contribution is -1.97. The molecule has 0 unspecified atom stereocenters. The van der Waals surface area contributed by atoms with Gasteiger partial charge >= 0.3 is 0 Å². The van der Waals surface area contributed by atoms with Gasteiger partial charge in [0.2, 0.25) is 0 Å². The number of fused-ring (bicyclic) bond motifs is 3. The zero-order chi connectivity index (χ0) is 14.9. The summed E-state index contributed by atoms with van der Waals surface area (Å²) in [5.41, 5.74) is 9.83. The molecule has 0 aliphatic rings. The van der Waals surface area contributed by atoms with E-state index in [1.165, 1.54) is 27.3 Å². The summed E-state index contributed by atoms with van der Waals surface area (Å²) in [6, 6.07) is 27.6. The molecule has 0 fully saturated rings. The van der Waals surface area contributed by atoms with Gasteiger partial charge in [-0.15, -0.1) is 0 Å². The molecule has 0 saturated heterocycles. The van der Waals surface area contributed by atoms with Crippen LogP contribution in [0.3, 0.4) is 0 Å². The number of benzene rings is 4. The molecule has 2 N–H and O–H groups in total. The summed E-state index contributed by atoms with van der Waals surface area (Å²) in [4.78, 5) is 0. The Morgan fingerprint density at radius 3 is 2.18 bits per heavy atom. The number of nitrogens with two attached hydrogens (primary N) is 1. The third-order valence-electron chi connectivity index (χ3n) is 4.30. The number of rotatable bonds is 2. The molecular weight excluding hydrogens is 266 g/mol. The third-order valence-corrected chi connectivity index (χ3v) is 4.30. The van der Waals surface area contributed by atoms with E-state index in [1.54, 1.807) is 0 Å². The maximum atomic E-state index is 6.46. The highest BCUT2D eigenvalue weighted by Crippen LogP contribution is 2.32. The second-order valence-electron chi connectivity index (χ2n) is 5.68. The summed E-state index contributed by atoms with van der Waals surface area (Å²) in [7, 11) is 0. The fourth-order valence-electron chi connectivity index (χ4n) is 3.13. The van der Waals surface area contributed by atoms with E-state index in [4.69, 9.17) is 5.73 Å². The normalized spacial score (nSPS) is 11.1. The highest BCUT2D eigenvalue weighted by Gasteiger charge is 2.07. The molecule has 0 amide bonds. The average molecular weight is 283 g/mol. The van der Waals surface area contributed by atoms with E-state index in [1.807, 2.05) is 6.07 Å². The van der Waals surface area contributed by atoms with E-state index in [0.29, 0.717) is 0 Å². The average Bonchev–Trinajstić information content (AvgIpc) is 2.58. The first-order valence-corrected chi connectivity index (χ1v) is 7.56. The molecule has 1 heteroatoms. The molecule has 4 rings (SSSR count). The highest BCUT2D eigenvalue weighted by atomic mass is 14.6. The minimum atomic E-state index is 0.870. The molecule has 0 radical (unpaired) electrons. The van der Waals surface area contributed by atoms with E-state index in [-0.39, 0.29) is 0 Å². The minimum Gasteiger partial charge on any atom is -0.398 e. The van der Waals surface area contributed by atoms with E-state index in [2.05, 4.69) is 72.8 Å². The van der Waals surface area contributed by atoms with Gasteiger partial charge in [-0.3, -0.25) is 0 Å². The Bertz CT molecular complexity index is 955. The molecule has 0 aliphatic heterocycles. The summed E-state index contributed by atoms with van der Waals surface area (Å²) >= 11 is 0. The Hall–Kier alpha value is -2.80. The summed E-state index contributed by atoms with van der Waals surface area (Å²) < 4.78 is 0. The first-order valence-electron chi connectivity index (χ1n) is 7.56. The van der Waals surface area contributed by atoms with Gasteiger partial charge in [0.1, 0.15) is 0 Å². The zero-order valence-electron chi connectivity index (χ0n) is 12.3. The van der Waals surface area contributed by atoms with Crippen molar-refractivity contribution in [1.29, 1.82) is 0 Å². The minimum absolute atomic E-state index is 0.870. The maximum absolute atomic E-state index is 6.46. The Morgan fingerprint density at radius 2 is 1.32 bits per heavy atom. The monoisotopic (exact) mass is 283 g/mol. The molecule has 0 heterocycles. The van der Waals surface area contributed by atoms with Crippen molar-refractivity contribution in [3.05, 3.63) is 90.0 Å². The molecule has 22 heavy (non-hydrogen) atoms. The van der Waals surface area contributed by atoms with E-state index in [0.717, 1.165) is 17.5 Å². The van der Waals surface area contributed by atoms with Gasteiger partial charge in [-0.1, -0.05) is 78.9 Å². The third kappa shape index (κ3) is 2.11. The lowest BCUT2D eigenvalue weighted by atomic mass is 9.95. The lowest BCUT2D eigenvalue weighted by Gasteiger charge is -2.11. The zero-order valence-corrected chi connectivity index (χ0v) is 12.3. The molecule has 0 spiro atoms. The van der Waals surface area contributed by atoms with Gasteiger partial charge in [0.25, 0.3) is 0 Å². The van der Waals surface area contributed by atoms with Crippen LogP contribution in [0.5, 0.6) is 0 Å². The summed E-state index contributed by atoms with van der Waals surface area (Å²) in [6.45, 7) is 0.